The first-order chi connectivity index (χ1) is 13.3. The number of benzene rings is 2. The molecule has 0 aromatic heterocycles. The first-order valence-corrected chi connectivity index (χ1v) is 11.0. The molecule has 1 heterocycles. The second-order valence-electron chi connectivity index (χ2n) is 6.87. The van der Waals surface area contributed by atoms with E-state index < -0.39 is 10.0 Å². The van der Waals surface area contributed by atoms with Crippen LogP contribution in [0.25, 0.3) is 0 Å². The van der Waals surface area contributed by atoms with E-state index in [1.807, 2.05) is 24.3 Å². The third-order valence-corrected chi connectivity index (χ3v) is 6.84. The summed E-state index contributed by atoms with van der Waals surface area (Å²) < 4.78 is 27.5. The molecule has 1 aliphatic rings. The van der Waals surface area contributed by atoms with Crippen LogP contribution in [0.1, 0.15) is 18.9 Å². The minimum absolute atomic E-state index is 0.191. The van der Waals surface area contributed by atoms with Gasteiger partial charge in [0.15, 0.2) is 0 Å². The average molecular weight is 422 g/mol. The van der Waals surface area contributed by atoms with Crippen molar-refractivity contribution in [3.05, 3.63) is 59.1 Å². The van der Waals surface area contributed by atoms with Crippen LogP contribution in [0.4, 0.5) is 5.69 Å². The normalized spacial score (nSPS) is 16.5. The molecule has 0 radical (unpaired) electrons. The fourth-order valence-corrected chi connectivity index (χ4v) is 4.85. The molecule has 0 spiro atoms. The standard InChI is InChI=1S/C20H24ClN3O3S/c1-16(25)22-19-7-9-20(10-8-19)28(26,27)24-12-2-11-23(13-14-24)15-17-3-5-18(21)6-4-17/h3-10H,2,11-15H2,1H3,(H,22,25). The van der Waals surface area contributed by atoms with Gasteiger partial charge in [0.05, 0.1) is 4.90 Å². The lowest BCUT2D eigenvalue weighted by molar-refractivity contribution is -0.114. The highest BCUT2D eigenvalue weighted by atomic mass is 35.5. The summed E-state index contributed by atoms with van der Waals surface area (Å²) in [5.74, 6) is -0.191. The molecule has 0 bridgehead atoms. The Balaban J connectivity index is 1.65. The molecule has 28 heavy (non-hydrogen) atoms. The Morgan fingerprint density at radius 1 is 1.00 bits per heavy atom. The molecule has 0 atom stereocenters. The summed E-state index contributed by atoms with van der Waals surface area (Å²) >= 11 is 5.93. The largest absolute Gasteiger partial charge is 0.326 e. The maximum atomic E-state index is 13.0. The predicted octanol–water partition coefficient (Wildman–Crippen LogP) is 3.20. The predicted molar refractivity (Wildman–Crippen MR) is 111 cm³/mol. The number of carbonyl (C=O) groups is 1. The van der Waals surface area contributed by atoms with Crippen LogP contribution >= 0.6 is 11.6 Å². The SMILES string of the molecule is CC(=O)Nc1ccc(S(=O)(=O)N2CCCN(Cc3ccc(Cl)cc3)CC2)cc1. The summed E-state index contributed by atoms with van der Waals surface area (Å²) in [7, 11) is -3.56. The van der Waals surface area contributed by atoms with Gasteiger partial charge in [0, 0.05) is 43.8 Å². The molecule has 1 N–H and O–H groups in total. The smallest absolute Gasteiger partial charge is 0.243 e. The number of halogens is 1. The minimum Gasteiger partial charge on any atom is -0.326 e. The van der Waals surface area contributed by atoms with E-state index in [9.17, 15) is 13.2 Å². The maximum absolute atomic E-state index is 13.0. The highest BCUT2D eigenvalue weighted by Crippen LogP contribution is 2.21. The Morgan fingerprint density at radius 3 is 2.32 bits per heavy atom. The number of hydrogen-bond donors (Lipinski definition) is 1. The van der Waals surface area contributed by atoms with Crippen molar-refractivity contribution >= 4 is 33.2 Å². The summed E-state index contributed by atoms with van der Waals surface area (Å²) in [6.07, 6.45) is 0.775. The van der Waals surface area contributed by atoms with E-state index in [1.54, 1.807) is 16.4 Å². The van der Waals surface area contributed by atoms with Crippen molar-refractivity contribution in [2.75, 3.05) is 31.5 Å². The third kappa shape index (κ3) is 5.32. The van der Waals surface area contributed by atoms with E-state index in [-0.39, 0.29) is 10.8 Å². The van der Waals surface area contributed by atoms with E-state index in [2.05, 4.69) is 10.2 Å². The van der Waals surface area contributed by atoms with Crippen LogP contribution in [0, 0.1) is 0 Å². The molecule has 0 aliphatic carbocycles. The molecule has 8 heteroatoms. The second kappa shape index (κ2) is 9.05. The molecule has 1 aliphatic heterocycles. The minimum atomic E-state index is -3.56. The van der Waals surface area contributed by atoms with E-state index >= 15 is 0 Å². The van der Waals surface area contributed by atoms with Crippen LogP contribution in [-0.2, 0) is 21.4 Å². The highest BCUT2D eigenvalue weighted by molar-refractivity contribution is 7.89. The number of rotatable bonds is 5. The van der Waals surface area contributed by atoms with Crippen LogP contribution in [0.2, 0.25) is 5.02 Å². The number of nitrogens with zero attached hydrogens (tertiary/aromatic N) is 2. The van der Waals surface area contributed by atoms with Gasteiger partial charge < -0.3 is 5.32 Å². The molecule has 1 amide bonds. The number of carbonyl (C=O) groups excluding carboxylic acids is 1. The molecule has 3 rings (SSSR count). The first-order valence-electron chi connectivity index (χ1n) is 9.19. The molecule has 150 valence electrons. The van der Waals surface area contributed by atoms with Crippen molar-refractivity contribution in [2.45, 2.75) is 24.8 Å². The summed E-state index contributed by atoms with van der Waals surface area (Å²) in [6, 6.07) is 14.0. The lowest BCUT2D eigenvalue weighted by atomic mass is 10.2. The van der Waals surface area contributed by atoms with Gasteiger partial charge in [0.1, 0.15) is 0 Å². The molecular weight excluding hydrogens is 398 g/mol. The number of amides is 1. The summed E-state index contributed by atoms with van der Waals surface area (Å²) in [4.78, 5) is 13.6. The van der Waals surface area contributed by atoms with Crippen molar-refractivity contribution in [1.29, 1.82) is 0 Å². The van der Waals surface area contributed by atoms with Crippen LogP contribution in [0.15, 0.2) is 53.4 Å². The van der Waals surface area contributed by atoms with Crippen LogP contribution in [0.3, 0.4) is 0 Å². The number of hydrogen-bond acceptors (Lipinski definition) is 4. The van der Waals surface area contributed by atoms with E-state index in [4.69, 9.17) is 11.6 Å². The fourth-order valence-electron chi connectivity index (χ4n) is 3.26. The van der Waals surface area contributed by atoms with Gasteiger partial charge in [-0.3, -0.25) is 9.69 Å². The van der Waals surface area contributed by atoms with Crippen LogP contribution in [-0.4, -0.2) is 49.7 Å². The summed E-state index contributed by atoms with van der Waals surface area (Å²) in [5.41, 5.74) is 1.74. The Kier molecular flexibility index (Phi) is 6.72. The van der Waals surface area contributed by atoms with E-state index in [1.165, 1.54) is 19.1 Å². The quantitative estimate of drug-likeness (QED) is 0.804. The Bertz CT molecular complexity index is 915. The molecule has 2 aromatic rings. The van der Waals surface area contributed by atoms with Gasteiger partial charge in [-0.05, 0) is 54.9 Å². The fraction of sp³-hybridized carbons (Fsp3) is 0.350. The van der Waals surface area contributed by atoms with E-state index in [0.29, 0.717) is 30.3 Å². The molecule has 6 nitrogen and oxygen atoms in total. The highest BCUT2D eigenvalue weighted by Gasteiger charge is 2.26. The topological polar surface area (TPSA) is 69.7 Å². The molecule has 0 unspecified atom stereocenters. The summed E-state index contributed by atoms with van der Waals surface area (Å²) in [6.45, 7) is 4.65. The van der Waals surface area contributed by atoms with Crippen LogP contribution < -0.4 is 5.32 Å². The van der Waals surface area contributed by atoms with Gasteiger partial charge in [0.25, 0.3) is 0 Å². The molecule has 1 fully saturated rings. The van der Waals surface area contributed by atoms with Crippen molar-refractivity contribution in [2.24, 2.45) is 0 Å². The summed E-state index contributed by atoms with van der Waals surface area (Å²) in [5, 5.41) is 3.35. The molecular formula is C20H24ClN3O3S. The first kappa shape index (κ1) is 20.8. The zero-order valence-corrected chi connectivity index (χ0v) is 17.3. The zero-order chi connectivity index (χ0) is 20.1. The van der Waals surface area contributed by atoms with Gasteiger partial charge in [-0.1, -0.05) is 23.7 Å². The van der Waals surface area contributed by atoms with Gasteiger partial charge in [-0.25, -0.2) is 8.42 Å². The molecule has 0 saturated carbocycles. The van der Waals surface area contributed by atoms with Gasteiger partial charge in [0.2, 0.25) is 15.9 Å². The maximum Gasteiger partial charge on any atom is 0.243 e. The van der Waals surface area contributed by atoms with E-state index in [0.717, 1.165) is 25.1 Å². The Hall–Kier alpha value is -1.93. The van der Waals surface area contributed by atoms with Crippen molar-refractivity contribution < 1.29 is 13.2 Å². The van der Waals surface area contributed by atoms with Crippen molar-refractivity contribution in [3.8, 4) is 0 Å². The third-order valence-electron chi connectivity index (χ3n) is 4.68. The second-order valence-corrected chi connectivity index (χ2v) is 9.24. The number of sulfonamides is 1. The lowest BCUT2D eigenvalue weighted by Crippen LogP contribution is -2.35. The molecule has 2 aromatic carbocycles. The van der Waals surface area contributed by atoms with Gasteiger partial charge >= 0.3 is 0 Å². The zero-order valence-electron chi connectivity index (χ0n) is 15.8. The number of anilines is 1. The monoisotopic (exact) mass is 421 g/mol. The lowest BCUT2D eigenvalue weighted by Gasteiger charge is -2.22. The van der Waals surface area contributed by atoms with Crippen molar-refractivity contribution in [1.82, 2.24) is 9.21 Å². The van der Waals surface area contributed by atoms with Gasteiger partial charge in [-0.2, -0.15) is 4.31 Å². The Morgan fingerprint density at radius 2 is 1.68 bits per heavy atom. The number of nitrogens with one attached hydrogen (secondary N) is 1. The average Bonchev–Trinajstić information content (AvgIpc) is 2.90. The van der Waals surface area contributed by atoms with Crippen LogP contribution in [0.5, 0.6) is 0 Å². The Labute approximate surface area is 171 Å². The molecule has 1 saturated heterocycles. The van der Waals surface area contributed by atoms with Crippen molar-refractivity contribution in [3.63, 3.8) is 0 Å². The van der Waals surface area contributed by atoms with Gasteiger partial charge in [-0.15, -0.1) is 0 Å².